The van der Waals surface area contributed by atoms with Crippen LogP contribution in [0.25, 0.3) is 0 Å². The number of hydrogen-bond donors (Lipinski definition) is 2. The summed E-state index contributed by atoms with van der Waals surface area (Å²) in [6.45, 7) is 5.92. The first-order chi connectivity index (χ1) is 6.93. The summed E-state index contributed by atoms with van der Waals surface area (Å²) in [4.78, 5) is 0. The SMILES string of the molecule is Cc1ccc(F)c(O)c1[C@H](N)CC(C)C.Cl. The second-order valence-electron chi connectivity index (χ2n) is 4.36. The Balaban J connectivity index is 0.00000225. The Labute approximate surface area is 102 Å². The third-order valence-corrected chi connectivity index (χ3v) is 2.48. The molecule has 0 fully saturated rings. The molecule has 1 aromatic carbocycles. The molecule has 0 unspecified atom stereocenters. The van der Waals surface area contributed by atoms with E-state index in [9.17, 15) is 9.50 Å². The Morgan fingerprint density at radius 1 is 1.38 bits per heavy atom. The topological polar surface area (TPSA) is 46.2 Å². The molecule has 1 atom stereocenters. The molecule has 3 N–H and O–H groups in total. The summed E-state index contributed by atoms with van der Waals surface area (Å²) in [5.41, 5.74) is 7.31. The van der Waals surface area contributed by atoms with Crippen molar-refractivity contribution in [2.24, 2.45) is 11.7 Å². The van der Waals surface area contributed by atoms with Crippen molar-refractivity contribution in [2.45, 2.75) is 33.2 Å². The maximum Gasteiger partial charge on any atom is 0.165 e. The molecular formula is C12H19ClFNO. The van der Waals surface area contributed by atoms with Crippen LogP contribution in [-0.2, 0) is 0 Å². The summed E-state index contributed by atoms with van der Waals surface area (Å²) in [6, 6.07) is 2.60. The average Bonchev–Trinajstić information content (AvgIpc) is 2.11. The molecule has 0 radical (unpaired) electrons. The van der Waals surface area contributed by atoms with E-state index in [1.54, 1.807) is 6.07 Å². The van der Waals surface area contributed by atoms with Crippen molar-refractivity contribution in [2.75, 3.05) is 0 Å². The zero-order valence-corrected chi connectivity index (χ0v) is 10.6. The van der Waals surface area contributed by atoms with Crippen LogP contribution in [-0.4, -0.2) is 5.11 Å². The zero-order chi connectivity index (χ0) is 11.6. The molecule has 0 spiro atoms. The lowest BCUT2D eigenvalue weighted by Crippen LogP contribution is -2.14. The van der Waals surface area contributed by atoms with Crippen LogP contribution in [0.15, 0.2) is 12.1 Å². The third-order valence-electron chi connectivity index (χ3n) is 2.48. The molecule has 1 aromatic rings. The van der Waals surface area contributed by atoms with Crippen LogP contribution in [0.2, 0.25) is 0 Å². The molecule has 0 aliphatic carbocycles. The summed E-state index contributed by atoms with van der Waals surface area (Å²) in [5, 5.41) is 9.61. The van der Waals surface area contributed by atoms with Crippen molar-refractivity contribution in [3.63, 3.8) is 0 Å². The van der Waals surface area contributed by atoms with E-state index in [4.69, 9.17) is 5.73 Å². The molecule has 0 amide bonds. The van der Waals surface area contributed by atoms with Crippen LogP contribution in [0.1, 0.15) is 37.4 Å². The number of rotatable bonds is 3. The smallest absolute Gasteiger partial charge is 0.165 e. The molecule has 0 heterocycles. The number of aromatic hydroxyl groups is 1. The first-order valence-electron chi connectivity index (χ1n) is 5.17. The Bertz CT molecular complexity index is 355. The van der Waals surface area contributed by atoms with Crippen molar-refractivity contribution in [1.29, 1.82) is 0 Å². The van der Waals surface area contributed by atoms with E-state index < -0.39 is 5.82 Å². The molecule has 16 heavy (non-hydrogen) atoms. The van der Waals surface area contributed by atoms with Crippen molar-refractivity contribution < 1.29 is 9.50 Å². The van der Waals surface area contributed by atoms with Crippen LogP contribution in [0, 0.1) is 18.7 Å². The normalized spacial score (nSPS) is 12.4. The van der Waals surface area contributed by atoms with Gasteiger partial charge in [0, 0.05) is 11.6 Å². The molecule has 0 aromatic heterocycles. The van der Waals surface area contributed by atoms with E-state index >= 15 is 0 Å². The highest BCUT2D eigenvalue weighted by Gasteiger charge is 2.17. The lowest BCUT2D eigenvalue weighted by molar-refractivity contribution is 0.410. The summed E-state index contributed by atoms with van der Waals surface area (Å²) in [5.74, 6) is -0.486. The van der Waals surface area contributed by atoms with E-state index in [1.807, 2.05) is 20.8 Å². The number of hydrogen-bond acceptors (Lipinski definition) is 2. The van der Waals surface area contributed by atoms with Gasteiger partial charge in [-0.05, 0) is 30.9 Å². The fraction of sp³-hybridized carbons (Fsp3) is 0.500. The average molecular weight is 248 g/mol. The van der Waals surface area contributed by atoms with Gasteiger partial charge in [0.05, 0.1) is 0 Å². The van der Waals surface area contributed by atoms with Crippen molar-refractivity contribution >= 4 is 12.4 Å². The maximum atomic E-state index is 13.2. The Hall–Kier alpha value is -0.800. The maximum absolute atomic E-state index is 13.2. The minimum absolute atomic E-state index is 0. The van der Waals surface area contributed by atoms with E-state index in [0.717, 1.165) is 12.0 Å². The van der Waals surface area contributed by atoms with Gasteiger partial charge in [-0.25, -0.2) is 4.39 Å². The third kappa shape index (κ3) is 3.35. The van der Waals surface area contributed by atoms with Gasteiger partial charge in [0.1, 0.15) is 0 Å². The van der Waals surface area contributed by atoms with Gasteiger partial charge >= 0.3 is 0 Å². The minimum atomic E-state index is -0.602. The van der Waals surface area contributed by atoms with Crippen molar-refractivity contribution in [3.8, 4) is 5.75 Å². The lowest BCUT2D eigenvalue weighted by atomic mass is 9.93. The summed E-state index contributed by atoms with van der Waals surface area (Å²) < 4.78 is 13.2. The molecule has 1 rings (SSSR count). The highest BCUT2D eigenvalue weighted by molar-refractivity contribution is 5.85. The fourth-order valence-electron chi connectivity index (χ4n) is 1.78. The van der Waals surface area contributed by atoms with Gasteiger partial charge in [0.25, 0.3) is 0 Å². The molecule has 0 saturated carbocycles. The van der Waals surface area contributed by atoms with E-state index in [2.05, 4.69) is 0 Å². The van der Waals surface area contributed by atoms with Crippen molar-refractivity contribution in [3.05, 3.63) is 29.1 Å². The Morgan fingerprint density at radius 2 is 1.94 bits per heavy atom. The lowest BCUT2D eigenvalue weighted by Gasteiger charge is -2.18. The summed E-state index contributed by atoms with van der Waals surface area (Å²) >= 11 is 0. The summed E-state index contributed by atoms with van der Waals surface area (Å²) in [7, 11) is 0. The van der Waals surface area contributed by atoms with Crippen LogP contribution in [0.3, 0.4) is 0 Å². The van der Waals surface area contributed by atoms with E-state index in [1.165, 1.54) is 6.07 Å². The molecular weight excluding hydrogens is 229 g/mol. The van der Waals surface area contributed by atoms with Gasteiger partial charge in [-0.2, -0.15) is 0 Å². The first kappa shape index (κ1) is 15.2. The van der Waals surface area contributed by atoms with Gasteiger partial charge in [0.15, 0.2) is 11.6 Å². The number of phenols is 1. The Kier molecular flexibility index (Phi) is 5.76. The predicted octanol–water partition coefficient (Wildman–Crippen LogP) is 3.31. The molecule has 92 valence electrons. The number of benzene rings is 1. The van der Waals surface area contributed by atoms with Gasteiger partial charge in [0.2, 0.25) is 0 Å². The van der Waals surface area contributed by atoms with Gasteiger partial charge in [-0.1, -0.05) is 19.9 Å². The molecule has 0 aliphatic heterocycles. The van der Waals surface area contributed by atoms with Gasteiger partial charge in [-0.15, -0.1) is 12.4 Å². The second kappa shape index (κ2) is 6.06. The van der Waals surface area contributed by atoms with Gasteiger partial charge in [-0.3, -0.25) is 0 Å². The molecule has 0 saturated heterocycles. The Morgan fingerprint density at radius 3 is 2.44 bits per heavy atom. The molecule has 0 aliphatic rings. The minimum Gasteiger partial charge on any atom is -0.505 e. The summed E-state index contributed by atoms with van der Waals surface area (Å²) in [6.07, 6.45) is 0.734. The molecule has 4 heteroatoms. The molecule has 2 nitrogen and oxygen atoms in total. The zero-order valence-electron chi connectivity index (χ0n) is 9.83. The van der Waals surface area contributed by atoms with Crippen LogP contribution in [0.4, 0.5) is 4.39 Å². The quantitative estimate of drug-likeness (QED) is 0.861. The van der Waals surface area contributed by atoms with E-state index in [0.29, 0.717) is 11.5 Å². The van der Waals surface area contributed by atoms with Gasteiger partial charge < -0.3 is 10.8 Å². The number of nitrogens with two attached hydrogens (primary N) is 1. The van der Waals surface area contributed by atoms with Crippen LogP contribution in [0.5, 0.6) is 5.75 Å². The monoisotopic (exact) mass is 247 g/mol. The van der Waals surface area contributed by atoms with Crippen molar-refractivity contribution in [1.82, 2.24) is 0 Å². The molecule has 0 bridgehead atoms. The number of phenolic OH excluding ortho intramolecular Hbond substituents is 1. The highest BCUT2D eigenvalue weighted by atomic mass is 35.5. The first-order valence-corrected chi connectivity index (χ1v) is 5.17. The van der Waals surface area contributed by atoms with E-state index in [-0.39, 0.29) is 24.2 Å². The fourth-order valence-corrected chi connectivity index (χ4v) is 1.78. The highest BCUT2D eigenvalue weighted by Crippen LogP contribution is 2.31. The number of halogens is 2. The second-order valence-corrected chi connectivity index (χ2v) is 4.36. The predicted molar refractivity (Wildman–Crippen MR) is 66.4 cm³/mol. The van der Waals surface area contributed by atoms with Crippen LogP contribution >= 0.6 is 12.4 Å². The van der Waals surface area contributed by atoms with Crippen LogP contribution < -0.4 is 5.73 Å². The largest absolute Gasteiger partial charge is 0.505 e. The standard InChI is InChI=1S/C12H18FNO.ClH/c1-7(2)6-10(14)11-8(3)4-5-9(13)12(11)15;/h4-5,7,10,15H,6,14H2,1-3H3;1H/t10-;/m1./s1. The number of aryl methyl sites for hydroxylation is 1.